The van der Waals surface area contributed by atoms with Crippen LogP contribution in [-0.4, -0.2) is 46.9 Å². The van der Waals surface area contributed by atoms with Crippen LogP contribution in [0.4, 0.5) is 0 Å². The van der Waals surface area contributed by atoms with Crippen LogP contribution < -0.4 is 5.32 Å². The average molecular weight is 830 g/mol. The van der Waals surface area contributed by atoms with E-state index in [1.54, 1.807) is 0 Å². The van der Waals surface area contributed by atoms with Crippen molar-refractivity contribution in [1.29, 1.82) is 0 Å². The fourth-order valence-corrected chi connectivity index (χ4v) is 7.79. The highest BCUT2D eigenvalue weighted by atomic mass is 16.5. The van der Waals surface area contributed by atoms with Gasteiger partial charge in [0.2, 0.25) is 5.91 Å². The van der Waals surface area contributed by atoms with E-state index in [1.807, 2.05) is 0 Å². The minimum atomic E-state index is -0.788. The van der Waals surface area contributed by atoms with Crippen LogP contribution in [0.3, 0.4) is 0 Å². The molecule has 0 fully saturated rings. The summed E-state index contributed by atoms with van der Waals surface area (Å²) in [5.74, 6) is -0.492. The highest BCUT2D eigenvalue weighted by molar-refractivity contribution is 5.77. The molecule has 0 aliphatic heterocycles. The van der Waals surface area contributed by atoms with Gasteiger partial charge in [-0.05, 0) is 64.2 Å². The van der Waals surface area contributed by atoms with E-state index in [0.717, 1.165) is 70.6 Å². The van der Waals surface area contributed by atoms with Crippen molar-refractivity contribution in [1.82, 2.24) is 5.32 Å². The van der Waals surface area contributed by atoms with E-state index in [2.05, 4.69) is 62.5 Å². The van der Waals surface area contributed by atoms with Crippen molar-refractivity contribution in [3.05, 3.63) is 36.5 Å². The van der Waals surface area contributed by atoms with Crippen molar-refractivity contribution < 1.29 is 24.5 Å². The Bertz CT molecular complexity index is 977. The van der Waals surface area contributed by atoms with Gasteiger partial charge in [-0.1, -0.05) is 224 Å². The molecule has 0 aromatic carbocycles. The molecule has 0 aliphatic rings. The molecule has 0 radical (unpaired) electrons. The van der Waals surface area contributed by atoms with E-state index >= 15 is 0 Å². The quantitative estimate of drug-likeness (QED) is 0.0323. The third kappa shape index (κ3) is 42.6. The van der Waals surface area contributed by atoms with Gasteiger partial charge in [0.1, 0.15) is 6.10 Å². The molecule has 346 valence electrons. The molecule has 0 rings (SSSR count). The highest BCUT2D eigenvalue weighted by Crippen LogP contribution is 2.18. The number of unbranched alkanes of at least 4 members (excludes halogenated alkanes) is 28. The predicted molar refractivity (Wildman–Crippen MR) is 255 cm³/mol. The van der Waals surface area contributed by atoms with E-state index in [1.165, 1.54) is 148 Å². The minimum absolute atomic E-state index is 0.0715. The van der Waals surface area contributed by atoms with Gasteiger partial charge in [0.25, 0.3) is 0 Å². The number of esters is 1. The SMILES string of the molecule is CCCCC/C=C\C/C=C\C/C=C\CCCCCCC(=O)OC(CCCCCCCCCCC)CC(=O)NC(CO)C(O)CCCCCCCCCCCCCCCC. The van der Waals surface area contributed by atoms with Gasteiger partial charge in [0, 0.05) is 6.42 Å². The molecule has 6 nitrogen and oxygen atoms in total. The zero-order valence-electron chi connectivity index (χ0n) is 39.4. The lowest BCUT2D eigenvalue weighted by Gasteiger charge is -2.24. The summed E-state index contributed by atoms with van der Waals surface area (Å²) in [6, 6.07) is -0.702. The Morgan fingerprint density at radius 3 is 1.34 bits per heavy atom. The lowest BCUT2D eigenvalue weighted by Crippen LogP contribution is -2.46. The molecule has 0 heterocycles. The zero-order chi connectivity index (χ0) is 43.1. The maximum absolute atomic E-state index is 13.2. The summed E-state index contributed by atoms with van der Waals surface area (Å²) < 4.78 is 5.91. The average Bonchev–Trinajstić information content (AvgIpc) is 3.23. The second kappa shape index (κ2) is 47.1. The van der Waals surface area contributed by atoms with E-state index in [0.29, 0.717) is 19.3 Å². The number of aliphatic hydroxyl groups is 2. The Balaban J connectivity index is 4.48. The Hall–Kier alpha value is -1.92. The van der Waals surface area contributed by atoms with Gasteiger partial charge in [-0.25, -0.2) is 0 Å². The number of amides is 1. The molecule has 6 heteroatoms. The van der Waals surface area contributed by atoms with Crippen molar-refractivity contribution >= 4 is 11.9 Å². The molecule has 1 amide bonds. The Kier molecular flexibility index (Phi) is 45.6. The first kappa shape index (κ1) is 57.1. The molecule has 0 aromatic heterocycles. The second-order valence-electron chi connectivity index (χ2n) is 17.6. The number of hydrogen-bond acceptors (Lipinski definition) is 5. The van der Waals surface area contributed by atoms with Crippen LogP contribution in [0.25, 0.3) is 0 Å². The third-order valence-corrected chi connectivity index (χ3v) is 11.7. The first-order chi connectivity index (χ1) is 29.0. The summed E-state index contributed by atoms with van der Waals surface area (Å²) >= 11 is 0. The normalized spacial score (nSPS) is 13.5. The highest BCUT2D eigenvalue weighted by Gasteiger charge is 2.24. The molecule has 0 aromatic rings. The molecule has 3 atom stereocenters. The largest absolute Gasteiger partial charge is 0.462 e. The van der Waals surface area contributed by atoms with Gasteiger partial charge >= 0.3 is 5.97 Å². The van der Waals surface area contributed by atoms with Gasteiger partial charge < -0.3 is 20.3 Å². The van der Waals surface area contributed by atoms with Gasteiger partial charge in [-0.2, -0.15) is 0 Å². The molecular weight excluding hydrogens is 731 g/mol. The maximum Gasteiger partial charge on any atom is 0.306 e. The standard InChI is InChI=1S/C53H99NO5/c1-4-7-10-13-16-19-21-23-25-26-27-29-31-34-37-40-43-46-53(58)59-49(44-41-38-35-32-18-15-12-9-6-3)47-52(57)54-50(48-55)51(56)45-42-39-36-33-30-28-24-22-20-17-14-11-8-5-2/h16,19,23,25,27,29,49-51,55-56H,4-15,17-18,20-22,24,26,28,30-48H2,1-3H3,(H,54,57)/b19-16-,25-23-,29-27-. The number of rotatable bonds is 46. The third-order valence-electron chi connectivity index (χ3n) is 11.7. The summed E-state index contributed by atoms with van der Waals surface area (Å²) in [4.78, 5) is 26.1. The minimum Gasteiger partial charge on any atom is -0.462 e. The zero-order valence-corrected chi connectivity index (χ0v) is 39.4. The first-order valence-corrected chi connectivity index (χ1v) is 25.7. The number of nitrogens with one attached hydrogen (secondary N) is 1. The van der Waals surface area contributed by atoms with Gasteiger partial charge in [0.05, 0.1) is 25.2 Å². The molecular formula is C53H99NO5. The number of allylic oxidation sites excluding steroid dienone is 6. The Morgan fingerprint density at radius 2 is 0.864 bits per heavy atom. The summed E-state index contributed by atoms with van der Waals surface area (Å²) in [5, 5.41) is 23.7. The number of carbonyl (C=O) groups excluding carboxylic acids is 2. The first-order valence-electron chi connectivity index (χ1n) is 25.7. The fourth-order valence-electron chi connectivity index (χ4n) is 7.79. The maximum atomic E-state index is 13.2. The smallest absolute Gasteiger partial charge is 0.306 e. The van der Waals surface area contributed by atoms with Crippen LogP contribution in [0, 0.1) is 0 Å². The lowest BCUT2D eigenvalue weighted by atomic mass is 10.0. The lowest BCUT2D eigenvalue weighted by molar-refractivity contribution is -0.151. The summed E-state index contributed by atoms with van der Waals surface area (Å²) in [6.07, 6.45) is 54.9. The van der Waals surface area contributed by atoms with Crippen LogP contribution in [0.2, 0.25) is 0 Å². The van der Waals surface area contributed by atoms with Gasteiger partial charge in [0.15, 0.2) is 0 Å². The molecule has 0 spiro atoms. The van der Waals surface area contributed by atoms with Crippen LogP contribution in [0.1, 0.15) is 265 Å². The summed E-state index contributed by atoms with van der Waals surface area (Å²) in [7, 11) is 0. The number of aliphatic hydroxyl groups excluding tert-OH is 2. The molecule has 0 bridgehead atoms. The fraction of sp³-hybridized carbons (Fsp3) is 0.849. The number of ether oxygens (including phenoxy) is 1. The van der Waals surface area contributed by atoms with Gasteiger partial charge in [-0.3, -0.25) is 9.59 Å². The Morgan fingerprint density at radius 1 is 0.492 bits per heavy atom. The van der Waals surface area contributed by atoms with Crippen molar-refractivity contribution in [2.24, 2.45) is 0 Å². The van der Waals surface area contributed by atoms with Crippen LogP contribution in [0.15, 0.2) is 36.5 Å². The van der Waals surface area contributed by atoms with Crippen molar-refractivity contribution in [2.45, 2.75) is 283 Å². The van der Waals surface area contributed by atoms with E-state index in [4.69, 9.17) is 4.74 Å². The predicted octanol–water partition coefficient (Wildman–Crippen LogP) is 15.3. The molecule has 0 aliphatic carbocycles. The summed E-state index contributed by atoms with van der Waals surface area (Å²) in [5.41, 5.74) is 0. The van der Waals surface area contributed by atoms with Crippen molar-refractivity contribution in [2.75, 3.05) is 6.61 Å². The molecule has 3 unspecified atom stereocenters. The summed E-state index contributed by atoms with van der Waals surface area (Å²) in [6.45, 7) is 6.45. The second-order valence-corrected chi connectivity index (χ2v) is 17.6. The van der Waals surface area contributed by atoms with Crippen LogP contribution in [-0.2, 0) is 14.3 Å². The van der Waals surface area contributed by atoms with E-state index in [-0.39, 0.29) is 24.9 Å². The molecule has 59 heavy (non-hydrogen) atoms. The Labute approximate surface area is 366 Å². The van der Waals surface area contributed by atoms with Crippen molar-refractivity contribution in [3.63, 3.8) is 0 Å². The van der Waals surface area contributed by atoms with E-state index < -0.39 is 18.2 Å². The molecule has 0 saturated carbocycles. The van der Waals surface area contributed by atoms with Crippen molar-refractivity contribution in [3.8, 4) is 0 Å². The topological polar surface area (TPSA) is 95.9 Å². The number of carbonyl (C=O) groups is 2. The molecule has 0 saturated heterocycles. The van der Waals surface area contributed by atoms with Gasteiger partial charge in [-0.15, -0.1) is 0 Å². The van der Waals surface area contributed by atoms with E-state index in [9.17, 15) is 19.8 Å². The monoisotopic (exact) mass is 830 g/mol. The van der Waals surface area contributed by atoms with Crippen LogP contribution >= 0.6 is 0 Å². The molecule has 3 N–H and O–H groups in total. The number of hydrogen-bond donors (Lipinski definition) is 3. The van der Waals surface area contributed by atoms with Crippen LogP contribution in [0.5, 0.6) is 0 Å².